The molecule has 0 aliphatic rings. The molecule has 0 atom stereocenters. The molecule has 6 aromatic carbocycles. The molecule has 64 heavy (non-hydrogen) atoms. The number of hydrogen-bond donors (Lipinski definition) is 4. The number of nitrogens with zero attached hydrogens (tertiary/aromatic N) is 2. The molecule has 10 heteroatoms. The van der Waals surface area contributed by atoms with Gasteiger partial charge < -0.3 is 20.0 Å². The van der Waals surface area contributed by atoms with Gasteiger partial charge in [-0.2, -0.15) is 0 Å². The Hall–Kier alpha value is -7.69. The molecule has 0 fully saturated rings. The quantitative estimate of drug-likeness (QED) is 0.0903. The van der Waals surface area contributed by atoms with E-state index in [4.69, 9.17) is 21.6 Å². The van der Waals surface area contributed by atoms with Gasteiger partial charge in [-0.3, -0.25) is 0 Å². The van der Waals surface area contributed by atoms with Gasteiger partial charge in [0.15, 0.2) is 0 Å². The summed E-state index contributed by atoms with van der Waals surface area (Å²) in [5, 5.41) is 22.0. The average molecular weight is 861 g/mol. The summed E-state index contributed by atoms with van der Waals surface area (Å²) in [7, 11) is -1.49. The summed E-state index contributed by atoms with van der Waals surface area (Å²) in [6, 6.07) is 49.7. The van der Waals surface area contributed by atoms with Crippen molar-refractivity contribution < 1.29 is 18.8 Å². The van der Waals surface area contributed by atoms with Gasteiger partial charge in [-0.25, -0.2) is 18.7 Å². The third-order valence-corrected chi connectivity index (χ3v) is 10.3. The molecule has 4 heterocycles. The molecular formula is C54H40BClF2N4O2. The molecule has 6 nitrogen and oxygen atoms in total. The lowest BCUT2D eigenvalue weighted by Gasteiger charge is -1.98. The third kappa shape index (κ3) is 11.4. The van der Waals surface area contributed by atoms with Gasteiger partial charge in [-0.05, 0) is 99.6 Å². The summed E-state index contributed by atoms with van der Waals surface area (Å²) in [6.07, 6.45) is 17.2. The van der Waals surface area contributed by atoms with Crippen molar-refractivity contribution in [3.8, 4) is 0 Å². The van der Waals surface area contributed by atoms with E-state index in [0.717, 1.165) is 72.1 Å². The molecule has 0 aliphatic heterocycles. The number of hydrogen-bond acceptors (Lipinski definition) is 4. The molecule has 0 unspecified atom stereocenters. The number of rotatable bonds is 8. The number of halogens is 3. The summed E-state index contributed by atoms with van der Waals surface area (Å²) in [5.74, 6) is 0.581. The summed E-state index contributed by atoms with van der Waals surface area (Å²) in [4.78, 5) is 15.6. The van der Waals surface area contributed by atoms with E-state index in [1.165, 1.54) is 41.5 Å². The summed E-state index contributed by atoms with van der Waals surface area (Å²) in [6.45, 7) is 0. The van der Waals surface area contributed by atoms with Crippen molar-refractivity contribution in [2.45, 2.75) is 0 Å². The fourth-order valence-electron chi connectivity index (χ4n) is 6.99. The fourth-order valence-corrected chi connectivity index (χ4v) is 7.15. The van der Waals surface area contributed by atoms with Gasteiger partial charge in [0.2, 0.25) is 0 Å². The number of aromatic nitrogens is 4. The molecule has 0 aliphatic carbocycles. The number of nitrogens with one attached hydrogen (secondary N) is 2. The molecule has 312 valence electrons. The van der Waals surface area contributed by atoms with Crippen molar-refractivity contribution in [1.29, 1.82) is 0 Å². The highest BCUT2D eigenvalue weighted by Gasteiger charge is 2.08. The van der Waals surface area contributed by atoms with Crippen LogP contribution in [0.1, 0.15) is 38.9 Å². The normalized spacial score (nSPS) is 11.6. The maximum Gasteiger partial charge on any atom is 0.480 e. The zero-order chi connectivity index (χ0) is 44.3. The standard InChI is InChI=1S/C27H19FN2.C19H13ClN2.C8H8BFO2/c28-23-8-4-7-20(15-23)11-12-22-17-25-24-16-21(10-9-19-5-2-1-3-6-19)13-14-26(24)30-27(25)29-18-22;20-15-11-17-16-10-14(7-6-13-4-2-1-3-5-13)8-9-18(16)22-19(17)21-12-15;10-8-3-1-2-7(6-8)4-5-9(11)12/h1-18H,(H,29,30);1-12H,(H,21,22);1-6,11-12H/b10-9+,12-11+;7-6+;5-4+. The van der Waals surface area contributed by atoms with Crippen LogP contribution in [-0.4, -0.2) is 37.1 Å². The zero-order valence-electron chi connectivity index (χ0n) is 34.3. The van der Waals surface area contributed by atoms with E-state index >= 15 is 0 Å². The maximum absolute atomic E-state index is 13.4. The van der Waals surface area contributed by atoms with Gasteiger partial charge in [0.1, 0.15) is 22.9 Å². The Morgan fingerprint density at radius 2 is 0.844 bits per heavy atom. The first-order valence-corrected chi connectivity index (χ1v) is 20.8. The molecule has 4 aromatic heterocycles. The topological polar surface area (TPSA) is 97.8 Å². The highest BCUT2D eigenvalue weighted by atomic mass is 35.5. The fraction of sp³-hybridized carbons (Fsp3) is 0. The van der Waals surface area contributed by atoms with Gasteiger partial charge in [0.05, 0.1) is 5.02 Å². The van der Waals surface area contributed by atoms with Gasteiger partial charge in [0.25, 0.3) is 0 Å². The van der Waals surface area contributed by atoms with Crippen LogP contribution >= 0.6 is 11.6 Å². The Bertz CT molecular complexity index is 3310. The minimum atomic E-state index is -1.49. The largest absolute Gasteiger partial charge is 0.480 e. The molecule has 0 saturated carbocycles. The highest BCUT2D eigenvalue weighted by Crippen LogP contribution is 2.29. The molecular weight excluding hydrogens is 821 g/mol. The predicted octanol–water partition coefficient (Wildman–Crippen LogP) is 13.6. The highest BCUT2D eigenvalue weighted by molar-refractivity contribution is 6.48. The molecule has 4 N–H and O–H groups in total. The molecule has 0 radical (unpaired) electrons. The zero-order valence-corrected chi connectivity index (χ0v) is 35.0. The van der Waals surface area contributed by atoms with Gasteiger partial charge in [-0.1, -0.05) is 157 Å². The number of fused-ring (bicyclic) bond motifs is 6. The monoisotopic (exact) mass is 860 g/mol. The Kier molecular flexibility index (Phi) is 13.7. The predicted molar refractivity (Wildman–Crippen MR) is 264 cm³/mol. The SMILES string of the molecule is Clc1cnc2[nH]c3ccc(/C=C/c4ccccc4)cc3c2c1.Fc1cccc(/C=C/c2cnc3[nH]c4ccc(/C=C/c5ccccc5)cc4c3c2)c1.OB(O)/C=C/c1cccc(F)c1. The minimum absolute atomic E-state index is 0.238. The summed E-state index contributed by atoms with van der Waals surface area (Å²) < 4.78 is 25.9. The van der Waals surface area contributed by atoms with E-state index < -0.39 is 7.12 Å². The summed E-state index contributed by atoms with van der Waals surface area (Å²) in [5.41, 5.74) is 10.9. The van der Waals surface area contributed by atoms with E-state index in [2.05, 4.69) is 111 Å². The van der Waals surface area contributed by atoms with Crippen molar-refractivity contribution in [1.82, 2.24) is 19.9 Å². The minimum Gasteiger partial charge on any atom is -0.424 e. The van der Waals surface area contributed by atoms with Crippen molar-refractivity contribution in [2.24, 2.45) is 0 Å². The van der Waals surface area contributed by atoms with Crippen LogP contribution in [-0.2, 0) is 0 Å². The van der Waals surface area contributed by atoms with Crippen LogP contribution in [0.4, 0.5) is 8.78 Å². The number of aromatic amines is 2. The van der Waals surface area contributed by atoms with E-state index in [1.807, 2.05) is 66.9 Å². The average Bonchev–Trinajstić information content (AvgIpc) is 3.87. The Morgan fingerprint density at radius 3 is 1.36 bits per heavy atom. The number of pyridine rings is 2. The van der Waals surface area contributed by atoms with Crippen LogP contribution in [0, 0.1) is 11.6 Å². The second kappa shape index (κ2) is 20.5. The summed E-state index contributed by atoms with van der Waals surface area (Å²) >= 11 is 6.07. The van der Waals surface area contributed by atoms with E-state index in [0.29, 0.717) is 10.6 Å². The second-order valence-electron chi connectivity index (χ2n) is 14.8. The molecule has 0 spiro atoms. The lowest BCUT2D eigenvalue weighted by molar-refractivity contribution is 0.424. The van der Waals surface area contributed by atoms with Crippen molar-refractivity contribution in [2.75, 3.05) is 0 Å². The van der Waals surface area contributed by atoms with Crippen LogP contribution in [0.5, 0.6) is 0 Å². The Balaban J connectivity index is 0.000000144. The maximum atomic E-state index is 13.4. The molecule has 0 bridgehead atoms. The van der Waals surface area contributed by atoms with Gasteiger partial charge in [0, 0.05) is 45.0 Å². The van der Waals surface area contributed by atoms with E-state index in [-0.39, 0.29) is 11.6 Å². The first-order valence-electron chi connectivity index (χ1n) is 20.4. The van der Waals surface area contributed by atoms with Crippen LogP contribution in [0.3, 0.4) is 0 Å². The molecule has 0 saturated heterocycles. The van der Waals surface area contributed by atoms with E-state index in [9.17, 15) is 8.78 Å². The number of benzene rings is 6. The molecule has 10 rings (SSSR count). The third-order valence-electron chi connectivity index (χ3n) is 10.1. The lowest BCUT2D eigenvalue weighted by Crippen LogP contribution is -2.05. The van der Waals surface area contributed by atoms with Crippen LogP contribution in [0.25, 0.3) is 86.4 Å². The Labute approximate surface area is 374 Å². The Morgan fingerprint density at radius 1 is 0.422 bits per heavy atom. The smallest absolute Gasteiger partial charge is 0.424 e. The first kappa shape index (κ1) is 43.0. The van der Waals surface area contributed by atoms with Crippen LogP contribution < -0.4 is 0 Å². The van der Waals surface area contributed by atoms with Crippen molar-refractivity contribution in [3.63, 3.8) is 0 Å². The molecule has 10 aromatic rings. The van der Waals surface area contributed by atoms with Crippen molar-refractivity contribution >= 4 is 105 Å². The molecule has 0 amide bonds. The lowest BCUT2D eigenvalue weighted by atomic mass is 9.91. The van der Waals surface area contributed by atoms with Gasteiger partial charge in [-0.15, -0.1) is 0 Å². The van der Waals surface area contributed by atoms with Crippen LogP contribution in [0.15, 0.2) is 176 Å². The first-order chi connectivity index (χ1) is 31.2. The van der Waals surface area contributed by atoms with Gasteiger partial charge >= 0.3 is 7.12 Å². The second-order valence-corrected chi connectivity index (χ2v) is 15.2. The van der Waals surface area contributed by atoms with E-state index in [1.54, 1.807) is 24.4 Å². The van der Waals surface area contributed by atoms with Crippen LogP contribution in [0.2, 0.25) is 5.02 Å². The number of H-pyrrole nitrogens is 2. The van der Waals surface area contributed by atoms with Crippen molar-refractivity contribution in [3.05, 3.63) is 232 Å².